The molecule has 0 aliphatic heterocycles. The Morgan fingerprint density at radius 2 is 1.77 bits per heavy atom. The number of hydrogen-bond donors (Lipinski definition) is 2. The highest BCUT2D eigenvalue weighted by Crippen LogP contribution is 2.22. The largest absolute Gasteiger partial charge is 0.385 e. The van der Waals surface area contributed by atoms with Crippen LogP contribution in [-0.4, -0.2) is 40.3 Å². The Morgan fingerprint density at radius 1 is 1.03 bits per heavy atom. The van der Waals surface area contributed by atoms with Crippen molar-refractivity contribution in [3.05, 3.63) is 111 Å². The molecule has 0 aliphatic rings. The minimum absolute atomic E-state index is 0.0620. The molecule has 0 bridgehead atoms. The van der Waals surface area contributed by atoms with Crippen LogP contribution in [0.5, 0.6) is 0 Å². The summed E-state index contributed by atoms with van der Waals surface area (Å²) >= 11 is 0. The van der Waals surface area contributed by atoms with E-state index in [1.807, 2.05) is 65.5 Å². The van der Waals surface area contributed by atoms with Crippen molar-refractivity contribution < 1.29 is 9.53 Å². The smallest absolute Gasteiger partial charge is 0.330 e. The number of nitrogens with one attached hydrogen (secondary N) is 1. The fourth-order valence-corrected chi connectivity index (χ4v) is 3.91. The van der Waals surface area contributed by atoms with Crippen LogP contribution in [0, 0.1) is 0 Å². The number of nitrogens with two attached hydrogens (primary N) is 1. The van der Waals surface area contributed by atoms with Crippen molar-refractivity contribution in [1.82, 2.24) is 14.1 Å². The van der Waals surface area contributed by atoms with Gasteiger partial charge in [-0.1, -0.05) is 36.4 Å². The Bertz CT molecular complexity index is 1410. The fourth-order valence-electron chi connectivity index (χ4n) is 3.91. The summed E-state index contributed by atoms with van der Waals surface area (Å²) in [6.07, 6.45) is 4.22. The molecule has 0 fully saturated rings. The number of ether oxygens (including phenoxy) is 1. The number of carbonyl (C=O) groups is 1. The van der Waals surface area contributed by atoms with Gasteiger partial charge >= 0.3 is 5.69 Å². The van der Waals surface area contributed by atoms with E-state index < -0.39 is 17.2 Å². The normalized spacial score (nSPS) is 10.9. The summed E-state index contributed by atoms with van der Waals surface area (Å²) in [5, 5.41) is 0. The van der Waals surface area contributed by atoms with Gasteiger partial charge in [0.2, 0.25) is 0 Å². The molecule has 0 saturated carbocycles. The second-order valence-electron chi connectivity index (χ2n) is 8.01. The van der Waals surface area contributed by atoms with E-state index in [-0.39, 0.29) is 24.6 Å². The van der Waals surface area contributed by atoms with E-state index in [0.29, 0.717) is 18.6 Å². The van der Waals surface area contributed by atoms with Crippen molar-refractivity contribution in [2.45, 2.75) is 13.0 Å². The summed E-state index contributed by atoms with van der Waals surface area (Å²) in [6.45, 7) is 0.713. The molecule has 35 heavy (non-hydrogen) atoms. The summed E-state index contributed by atoms with van der Waals surface area (Å²) in [5.74, 6) is -0.479. The zero-order valence-electron chi connectivity index (χ0n) is 19.4. The number of hydrogen-bond acceptors (Lipinski definition) is 5. The molecule has 180 valence electrons. The molecule has 0 radical (unpaired) electrons. The lowest BCUT2D eigenvalue weighted by molar-refractivity contribution is 0.0983. The van der Waals surface area contributed by atoms with Gasteiger partial charge in [0.05, 0.1) is 6.54 Å². The third-order valence-electron chi connectivity index (χ3n) is 5.64. The maximum atomic E-state index is 13.7. The van der Waals surface area contributed by atoms with Crippen LogP contribution in [0.15, 0.2) is 88.7 Å². The van der Waals surface area contributed by atoms with Gasteiger partial charge in [0, 0.05) is 43.9 Å². The lowest BCUT2D eigenvalue weighted by Crippen LogP contribution is -2.42. The van der Waals surface area contributed by atoms with Crippen molar-refractivity contribution in [3.63, 3.8) is 0 Å². The van der Waals surface area contributed by atoms with Crippen LogP contribution in [-0.2, 0) is 11.3 Å². The summed E-state index contributed by atoms with van der Waals surface area (Å²) in [5.41, 5.74) is 6.97. The van der Waals surface area contributed by atoms with Crippen LogP contribution in [0.1, 0.15) is 22.3 Å². The predicted octanol–water partition coefficient (Wildman–Crippen LogP) is 2.64. The molecule has 9 nitrogen and oxygen atoms in total. The number of aromatic nitrogens is 3. The van der Waals surface area contributed by atoms with Gasteiger partial charge in [0.25, 0.3) is 11.5 Å². The first kappa shape index (κ1) is 23.8. The van der Waals surface area contributed by atoms with Gasteiger partial charge < -0.3 is 19.9 Å². The summed E-state index contributed by atoms with van der Waals surface area (Å²) in [4.78, 5) is 42.9. The summed E-state index contributed by atoms with van der Waals surface area (Å²) < 4.78 is 8.30. The van der Waals surface area contributed by atoms with Crippen LogP contribution in [0.2, 0.25) is 0 Å². The molecule has 2 heterocycles. The maximum Gasteiger partial charge on any atom is 0.330 e. The number of nitrogens with zero attached hydrogens (tertiary/aromatic N) is 3. The molecular formula is C26H27N5O4. The van der Waals surface area contributed by atoms with Gasteiger partial charge in [-0.05, 0) is 42.3 Å². The average Bonchev–Trinajstić information content (AvgIpc) is 3.41. The Balaban J connectivity index is 1.77. The van der Waals surface area contributed by atoms with Crippen molar-refractivity contribution in [3.8, 4) is 5.69 Å². The average molecular weight is 474 g/mol. The predicted molar refractivity (Wildman–Crippen MR) is 135 cm³/mol. The molecule has 0 atom stereocenters. The van der Waals surface area contributed by atoms with Crippen LogP contribution in [0.4, 0.5) is 11.5 Å². The van der Waals surface area contributed by atoms with Crippen LogP contribution in [0.3, 0.4) is 0 Å². The zero-order chi connectivity index (χ0) is 24.8. The monoisotopic (exact) mass is 473 g/mol. The molecule has 4 aromatic rings. The minimum Gasteiger partial charge on any atom is -0.385 e. The lowest BCUT2D eigenvalue weighted by atomic mass is 10.1. The SMILES string of the molecule is COCCCN(C(=O)c1cccc(-n2cccc2)c1)c1c(N)n(Cc2ccccc2)c(=O)[nH]c1=O. The third kappa shape index (κ3) is 5.25. The van der Waals surface area contributed by atoms with E-state index in [0.717, 1.165) is 11.3 Å². The lowest BCUT2D eigenvalue weighted by Gasteiger charge is -2.25. The molecule has 1 amide bonds. The topological polar surface area (TPSA) is 115 Å². The first-order chi connectivity index (χ1) is 17.0. The van der Waals surface area contributed by atoms with E-state index in [4.69, 9.17) is 10.5 Å². The number of aromatic amines is 1. The Hall–Kier alpha value is -4.37. The van der Waals surface area contributed by atoms with E-state index in [1.165, 1.54) is 9.47 Å². The number of H-pyrrole nitrogens is 1. The van der Waals surface area contributed by atoms with Crippen LogP contribution >= 0.6 is 0 Å². The van der Waals surface area contributed by atoms with Crippen molar-refractivity contribution in [2.75, 3.05) is 30.9 Å². The van der Waals surface area contributed by atoms with E-state index >= 15 is 0 Å². The highest BCUT2D eigenvalue weighted by Gasteiger charge is 2.25. The minimum atomic E-state index is -0.718. The van der Waals surface area contributed by atoms with Gasteiger partial charge in [0.1, 0.15) is 5.82 Å². The van der Waals surface area contributed by atoms with E-state index in [9.17, 15) is 14.4 Å². The molecule has 0 saturated heterocycles. The number of amides is 1. The first-order valence-electron chi connectivity index (χ1n) is 11.2. The maximum absolute atomic E-state index is 13.7. The molecule has 9 heteroatoms. The standard InChI is InChI=1S/C26H27N5O4/c1-35-16-8-15-30(25(33)20-11-7-12-21(17-20)29-13-5-6-14-29)22-23(27)31(26(34)28-24(22)32)18-19-9-3-2-4-10-19/h2-7,9-14,17H,8,15-16,18,27H2,1H3,(H,28,32,34). The van der Waals surface area contributed by atoms with Gasteiger partial charge in [-0.25, -0.2) is 4.79 Å². The number of methoxy groups -OCH3 is 1. The summed E-state index contributed by atoms with van der Waals surface area (Å²) in [7, 11) is 1.56. The Morgan fingerprint density at radius 3 is 2.49 bits per heavy atom. The molecule has 0 unspecified atom stereocenters. The molecule has 2 aromatic carbocycles. The second-order valence-corrected chi connectivity index (χ2v) is 8.01. The van der Waals surface area contributed by atoms with Crippen LogP contribution < -0.4 is 21.9 Å². The van der Waals surface area contributed by atoms with Gasteiger partial charge in [-0.3, -0.25) is 19.1 Å². The third-order valence-corrected chi connectivity index (χ3v) is 5.64. The molecule has 0 spiro atoms. The Kier molecular flexibility index (Phi) is 7.27. The number of benzene rings is 2. The van der Waals surface area contributed by atoms with Crippen LogP contribution in [0.25, 0.3) is 5.69 Å². The molecule has 0 aliphatic carbocycles. The highest BCUT2D eigenvalue weighted by atomic mass is 16.5. The van der Waals surface area contributed by atoms with E-state index in [2.05, 4.69) is 4.98 Å². The number of carbonyl (C=O) groups excluding carboxylic acids is 1. The number of anilines is 2. The zero-order valence-corrected chi connectivity index (χ0v) is 19.4. The van der Waals surface area contributed by atoms with Gasteiger partial charge in [-0.2, -0.15) is 0 Å². The van der Waals surface area contributed by atoms with Gasteiger partial charge in [0.15, 0.2) is 5.69 Å². The van der Waals surface area contributed by atoms with Crippen molar-refractivity contribution >= 4 is 17.4 Å². The molecule has 3 N–H and O–H groups in total. The quantitative estimate of drug-likeness (QED) is 0.363. The Labute approximate surface area is 202 Å². The number of nitrogen functional groups attached to an aromatic ring is 1. The fraction of sp³-hybridized carbons (Fsp3) is 0.192. The number of rotatable bonds is 9. The molecule has 4 rings (SSSR count). The molecule has 2 aromatic heterocycles. The van der Waals surface area contributed by atoms with Crippen molar-refractivity contribution in [1.29, 1.82) is 0 Å². The molecular weight excluding hydrogens is 446 g/mol. The van der Waals surface area contributed by atoms with E-state index in [1.54, 1.807) is 25.3 Å². The summed E-state index contributed by atoms with van der Waals surface area (Å²) in [6, 6.07) is 20.1. The second kappa shape index (κ2) is 10.7. The van der Waals surface area contributed by atoms with Gasteiger partial charge in [-0.15, -0.1) is 0 Å². The first-order valence-corrected chi connectivity index (χ1v) is 11.2. The van der Waals surface area contributed by atoms with Crippen molar-refractivity contribution in [2.24, 2.45) is 0 Å². The highest BCUT2D eigenvalue weighted by molar-refractivity contribution is 6.07.